The Bertz CT molecular complexity index is 854. The lowest BCUT2D eigenvalue weighted by molar-refractivity contribution is 0.436. The zero-order valence-corrected chi connectivity index (χ0v) is 11.0. The molecule has 0 aromatic carbocycles. The number of nitrogens with zero attached hydrogens (tertiary/aromatic N) is 6. The van der Waals surface area contributed by atoms with Crippen LogP contribution in [0.3, 0.4) is 0 Å². The van der Waals surface area contributed by atoms with Crippen LogP contribution in [0.4, 0.5) is 5.82 Å². The fraction of sp³-hybridized carbons (Fsp3) is 0.333. The summed E-state index contributed by atoms with van der Waals surface area (Å²) < 4.78 is 1.80. The van der Waals surface area contributed by atoms with E-state index in [2.05, 4.69) is 35.8 Å². The normalized spacial score (nSPS) is 17.6. The quantitative estimate of drug-likeness (QED) is 0.665. The average molecular weight is 284 g/mol. The van der Waals surface area contributed by atoms with E-state index in [4.69, 9.17) is 0 Å². The molecule has 3 aromatic heterocycles. The highest BCUT2D eigenvalue weighted by molar-refractivity contribution is 5.75. The zero-order chi connectivity index (χ0) is 14.2. The molecular formula is C12H12N8O. The summed E-state index contributed by atoms with van der Waals surface area (Å²) in [4.78, 5) is 22.6. The molecule has 1 atom stereocenters. The number of pyridine rings is 1. The van der Waals surface area contributed by atoms with Gasteiger partial charge in [0.1, 0.15) is 5.82 Å². The van der Waals surface area contributed by atoms with Crippen molar-refractivity contribution in [3.8, 4) is 0 Å². The third kappa shape index (κ3) is 2.12. The molecule has 9 heteroatoms. The largest absolute Gasteiger partial charge is 0.365 e. The number of hydrogen-bond acceptors (Lipinski definition) is 7. The van der Waals surface area contributed by atoms with Crippen molar-refractivity contribution in [2.45, 2.75) is 25.4 Å². The van der Waals surface area contributed by atoms with Crippen molar-refractivity contribution in [3.05, 3.63) is 34.6 Å². The second-order valence-electron chi connectivity index (χ2n) is 4.96. The first-order valence-electron chi connectivity index (χ1n) is 6.65. The van der Waals surface area contributed by atoms with Crippen LogP contribution < -0.4 is 10.9 Å². The van der Waals surface area contributed by atoms with Gasteiger partial charge in [0.15, 0.2) is 11.5 Å². The van der Waals surface area contributed by atoms with E-state index < -0.39 is 0 Å². The van der Waals surface area contributed by atoms with E-state index in [1.165, 1.54) is 6.33 Å². The molecule has 2 N–H and O–H groups in total. The Labute approximate surface area is 118 Å². The van der Waals surface area contributed by atoms with Crippen LogP contribution in [-0.2, 0) is 13.0 Å². The average Bonchev–Trinajstić information content (AvgIpc) is 2.95. The Kier molecular flexibility index (Phi) is 2.62. The minimum absolute atomic E-state index is 0.185. The summed E-state index contributed by atoms with van der Waals surface area (Å²) in [5.41, 5.74) is 0.248. The maximum atomic E-state index is 11.6. The Morgan fingerprint density at radius 2 is 2.33 bits per heavy atom. The summed E-state index contributed by atoms with van der Waals surface area (Å²) in [6.07, 6.45) is 3.12. The van der Waals surface area contributed by atoms with Gasteiger partial charge in [0.25, 0.3) is 5.56 Å². The Balaban J connectivity index is 1.59. The first-order valence-corrected chi connectivity index (χ1v) is 6.65. The second-order valence-corrected chi connectivity index (χ2v) is 4.96. The molecule has 0 aliphatic carbocycles. The first kappa shape index (κ1) is 11.9. The second kappa shape index (κ2) is 4.62. The Hall–Kier alpha value is -2.84. The summed E-state index contributed by atoms with van der Waals surface area (Å²) >= 11 is 0. The molecule has 0 spiro atoms. The molecule has 1 aliphatic heterocycles. The van der Waals surface area contributed by atoms with Gasteiger partial charge in [-0.1, -0.05) is 0 Å². The Morgan fingerprint density at radius 1 is 1.38 bits per heavy atom. The monoisotopic (exact) mass is 284 g/mol. The molecule has 9 nitrogen and oxygen atoms in total. The van der Waals surface area contributed by atoms with Gasteiger partial charge in [-0.25, -0.2) is 14.6 Å². The highest BCUT2D eigenvalue weighted by Crippen LogP contribution is 2.16. The number of anilines is 1. The molecule has 4 heterocycles. The van der Waals surface area contributed by atoms with E-state index in [1.54, 1.807) is 16.8 Å². The van der Waals surface area contributed by atoms with E-state index in [0.717, 1.165) is 18.7 Å². The minimum atomic E-state index is -0.185. The zero-order valence-electron chi connectivity index (χ0n) is 11.0. The van der Waals surface area contributed by atoms with Crippen LogP contribution in [0.1, 0.15) is 12.2 Å². The highest BCUT2D eigenvalue weighted by atomic mass is 16.1. The van der Waals surface area contributed by atoms with Gasteiger partial charge in [-0.3, -0.25) is 4.79 Å². The number of aromatic nitrogens is 7. The van der Waals surface area contributed by atoms with Crippen LogP contribution in [-0.4, -0.2) is 41.2 Å². The molecule has 0 saturated heterocycles. The molecule has 0 radical (unpaired) electrons. The van der Waals surface area contributed by atoms with Crippen LogP contribution in [0, 0.1) is 0 Å². The summed E-state index contributed by atoms with van der Waals surface area (Å²) in [6.45, 7) is 0.699. The van der Waals surface area contributed by atoms with Gasteiger partial charge in [-0.15, -0.1) is 5.10 Å². The summed E-state index contributed by atoms with van der Waals surface area (Å²) in [6, 6.07) is 3.71. The van der Waals surface area contributed by atoms with Crippen molar-refractivity contribution in [2.75, 3.05) is 5.32 Å². The number of aromatic amines is 1. The van der Waals surface area contributed by atoms with Crippen molar-refractivity contribution in [1.29, 1.82) is 0 Å². The van der Waals surface area contributed by atoms with E-state index in [1.807, 2.05) is 0 Å². The number of nitrogens with one attached hydrogen (secondary N) is 2. The maximum Gasteiger partial charge on any atom is 0.260 e. The molecule has 0 saturated carbocycles. The van der Waals surface area contributed by atoms with Gasteiger partial charge in [0.05, 0.1) is 18.3 Å². The molecular weight excluding hydrogens is 272 g/mol. The van der Waals surface area contributed by atoms with E-state index in [9.17, 15) is 4.79 Å². The van der Waals surface area contributed by atoms with Gasteiger partial charge in [-0.2, -0.15) is 0 Å². The van der Waals surface area contributed by atoms with Gasteiger partial charge < -0.3 is 10.3 Å². The van der Waals surface area contributed by atoms with Crippen LogP contribution >= 0.6 is 0 Å². The number of rotatable bonds is 2. The minimum Gasteiger partial charge on any atom is -0.365 e. The third-order valence-corrected chi connectivity index (χ3v) is 3.57. The highest BCUT2D eigenvalue weighted by Gasteiger charge is 2.20. The van der Waals surface area contributed by atoms with E-state index in [-0.39, 0.29) is 11.6 Å². The standard InChI is InChI=1S/C12H12N8O/c21-12-8-2-3-9(16-11(8)13-6-14-12)15-7-1-4-10-17-18-19-20(10)5-7/h2-3,6-7H,1,4-5H2,(H2,13,14,15,16,21). The fourth-order valence-electron chi connectivity index (χ4n) is 2.51. The predicted octanol–water partition coefficient (Wildman–Crippen LogP) is -0.268. The first-order chi connectivity index (χ1) is 10.3. The molecule has 4 rings (SSSR count). The summed E-state index contributed by atoms with van der Waals surface area (Å²) in [5.74, 6) is 1.61. The third-order valence-electron chi connectivity index (χ3n) is 3.57. The topological polar surface area (TPSA) is 114 Å². The number of aryl methyl sites for hydroxylation is 1. The molecule has 0 amide bonds. The molecule has 0 fully saturated rings. The number of fused-ring (bicyclic) bond motifs is 2. The van der Waals surface area contributed by atoms with Crippen molar-refractivity contribution < 1.29 is 0 Å². The molecule has 1 aliphatic rings. The molecule has 0 bridgehead atoms. The molecule has 3 aromatic rings. The van der Waals surface area contributed by atoms with Gasteiger partial charge in [-0.05, 0) is 29.0 Å². The fourth-order valence-corrected chi connectivity index (χ4v) is 2.51. The van der Waals surface area contributed by atoms with Crippen LogP contribution in [0.25, 0.3) is 11.0 Å². The predicted molar refractivity (Wildman–Crippen MR) is 73.7 cm³/mol. The maximum absolute atomic E-state index is 11.6. The number of tetrazole rings is 1. The van der Waals surface area contributed by atoms with Crippen LogP contribution in [0.5, 0.6) is 0 Å². The van der Waals surface area contributed by atoms with Gasteiger partial charge in [0, 0.05) is 12.5 Å². The number of hydrogen-bond donors (Lipinski definition) is 2. The lowest BCUT2D eigenvalue weighted by atomic mass is 10.1. The summed E-state index contributed by atoms with van der Waals surface area (Å²) in [7, 11) is 0. The Morgan fingerprint density at radius 3 is 3.29 bits per heavy atom. The van der Waals surface area contributed by atoms with Gasteiger partial charge in [0.2, 0.25) is 0 Å². The van der Waals surface area contributed by atoms with Crippen LogP contribution in [0.2, 0.25) is 0 Å². The lowest BCUT2D eigenvalue weighted by Crippen LogP contribution is -2.32. The van der Waals surface area contributed by atoms with E-state index in [0.29, 0.717) is 23.4 Å². The smallest absolute Gasteiger partial charge is 0.260 e. The SMILES string of the molecule is O=c1[nH]cnc2nc(NC3CCc4nnnn4C3)ccc12. The van der Waals surface area contributed by atoms with Crippen molar-refractivity contribution in [2.24, 2.45) is 0 Å². The van der Waals surface area contributed by atoms with E-state index >= 15 is 0 Å². The summed E-state index contributed by atoms with van der Waals surface area (Å²) in [5, 5.41) is 15.4. The lowest BCUT2D eigenvalue weighted by Gasteiger charge is -2.23. The van der Waals surface area contributed by atoms with Crippen molar-refractivity contribution in [3.63, 3.8) is 0 Å². The molecule has 106 valence electrons. The molecule has 1 unspecified atom stereocenters. The van der Waals surface area contributed by atoms with Crippen molar-refractivity contribution in [1.82, 2.24) is 35.2 Å². The number of H-pyrrole nitrogens is 1. The molecule has 21 heavy (non-hydrogen) atoms. The van der Waals surface area contributed by atoms with Crippen molar-refractivity contribution >= 4 is 16.9 Å². The van der Waals surface area contributed by atoms with Gasteiger partial charge >= 0.3 is 0 Å². The van der Waals surface area contributed by atoms with Crippen LogP contribution in [0.15, 0.2) is 23.3 Å².